The lowest BCUT2D eigenvalue weighted by atomic mass is 9.86. The van der Waals surface area contributed by atoms with E-state index in [-0.39, 0.29) is 11.8 Å². The lowest BCUT2D eigenvalue weighted by Gasteiger charge is -2.24. The number of furan rings is 1. The molecule has 0 atom stereocenters. The summed E-state index contributed by atoms with van der Waals surface area (Å²) in [4.78, 5) is 28.8. The highest BCUT2D eigenvalue weighted by atomic mass is 79.9. The Bertz CT molecular complexity index is 595. The molecule has 0 aromatic carbocycles. The molecule has 1 saturated heterocycles. The minimum atomic E-state index is -0.0952. The minimum Gasteiger partial charge on any atom is -0.444 e. The van der Waals surface area contributed by atoms with Gasteiger partial charge in [0, 0.05) is 32.6 Å². The largest absolute Gasteiger partial charge is 0.444 e. The molecule has 0 spiro atoms. The maximum Gasteiger partial charge on any atom is 0.289 e. The van der Waals surface area contributed by atoms with Crippen LogP contribution < -0.4 is 0 Å². The monoisotopic (exact) mass is 410 g/mol. The van der Waals surface area contributed by atoms with Crippen LogP contribution >= 0.6 is 15.9 Å². The van der Waals surface area contributed by atoms with Gasteiger partial charge in [0.05, 0.1) is 0 Å². The molecular weight excluding hydrogens is 384 g/mol. The molecule has 1 aromatic heterocycles. The van der Waals surface area contributed by atoms with Gasteiger partial charge in [0.1, 0.15) is 0 Å². The molecule has 1 aliphatic carbocycles. The van der Waals surface area contributed by atoms with Crippen LogP contribution in [0.1, 0.15) is 61.9 Å². The average molecular weight is 411 g/mol. The van der Waals surface area contributed by atoms with Crippen molar-refractivity contribution >= 4 is 27.7 Å². The van der Waals surface area contributed by atoms with Crippen LogP contribution in [0.4, 0.5) is 0 Å². The number of nitrogens with zero attached hydrogens (tertiary/aromatic N) is 2. The van der Waals surface area contributed by atoms with E-state index >= 15 is 0 Å². The van der Waals surface area contributed by atoms with Crippen molar-refractivity contribution in [2.75, 3.05) is 26.2 Å². The summed E-state index contributed by atoms with van der Waals surface area (Å²) in [6.45, 7) is 2.61. The van der Waals surface area contributed by atoms with Crippen molar-refractivity contribution in [1.82, 2.24) is 9.80 Å². The summed E-state index contributed by atoms with van der Waals surface area (Å²) < 4.78 is 5.92. The molecule has 2 fully saturated rings. The maximum atomic E-state index is 12.5. The van der Waals surface area contributed by atoms with Gasteiger partial charge in [-0.15, -0.1) is 0 Å². The number of amides is 2. The summed E-state index contributed by atoms with van der Waals surface area (Å²) >= 11 is 3.23. The molecule has 5 nitrogen and oxygen atoms in total. The van der Waals surface area contributed by atoms with Crippen molar-refractivity contribution in [2.24, 2.45) is 5.92 Å². The van der Waals surface area contributed by atoms with E-state index in [1.807, 2.05) is 4.90 Å². The quantitative estimate of drug-likeness (QED) is 0.751. The van der Waals surface area contributed by atoms with Crippen LogP contribution in [0.15, 0.2) is 21.2 Å². The molecule has 0 radical (unpaired) electrons. The van der Waals surface area contributed by atoms with Crippen molar-refractivity contribution in [3.05, 3.63) is 22.6 Å². The van der Waals surface area contributed by atoms with E-state index in [9.17, 15) is 9.59 Å². The van der Waals surface area contributed by atoms with E-state index in [1.54, 1.807) is 17.0 Å². The number of hydrogen-bond donors (Lipinski definition) is 0. The maximum absolute atomic E-state index is 12.5. The molecule has 1 aromatic rings. The van der Waals surface area contributed by atoms with Crippen LogP contribution in [0, 0.1) is 5.92 Å². The molecule has 138 valence electrons. The van der Waals surface area contributed by atoms with Crippen LogP contribution in [0.3, 0.4) is 0 Å². The Balaban J connectivity index is 1.47. The summed E-state index contributed by atoms with van der Waals surface area (Å²) in [6.07, 6.45) is 9.07. The first-order chi connectivity index (χ1) is 12.1. The summed E-state index contributed by atoms with van der Waals surface area (Å²) in [5.74, 6) is 1.24. The number of carbonyl (C=O) groups excluding carboxylic acids is 2. The van der Waals surface area contributed by atoms with Crippen LogP contribution in [0.5, 0.6) is 0 Å². The molecule has 25 heavy (non-hydrogen) atoms. The minimum absolute atomic E-state index is 0.0952. The molecule has 6 heteroatoms. The average Bonchev–Trinajstić information content (AvgIpc) is 2.92. The van der Waals surface area contributed by atoms with Crippen molar-refractivity contribution in [2.45, 2.75) is 51.4 Å². The van der Waals surface area contributed by atoms with Gasteiger partial charge in [0.15, 0.2) is 10.4 Å². The first-order valence-corrected chi connectivity index (χ1v) is 10.2. The molecule has 0 bridgehead atoms. The first-order valence-electron chi connectivity index (χ1n) is 9.46. The number of rotatable bonds is 4. The summed E-state index contributed by atoms with van der Waals surface area (Å²) in [5, 5.41) is 0. The molecule has 3 rings (SSSR count). The van der Waals surface area contributed by atoms with E-state index in [4.69, 9.17) is 4.42 Å². The van der Waals surface area contributed by atoms with Crippen LogP contribution in [0.25, 0.3) is 0 Å². The van der Waals surface area contributed by atoms with E-state index in [2.05, 4.69) is 15.9 Å². The smallest absolute Gasteiger partial charge is 0.289 e. The second-order valence-electron chi connectivity index (χ2n) is 7.17. The second-order valence-corrected chi connectivity index (χ2v) is 7.95. The first kappa shape index (κ1) is 18.5. The van der Waals surface area contributed by atoms with E-state index in [0.717, 1.165) is 25.3 Å². The van der Waals surface area contributed by atoms with Crippen LogP contribution in [0.2, 0.25) is 0 Å². The molecule has 2 amide bonds. The molecule has 2 aliphatic rings. The topological polar surface area (TPSA) is 53.8 Å². The second kappa shape index (κ2) is 8.88. The molecule has 2 heterocycles. The fraction of sp³-hybridized carbons (Fsp3) is 0.684. The lowest BCUT2D eigenvalue weighted by Crippen LogP contribution is -2.37. The van der Waals surface area contributed by atoms with Gasteiger partial charge in [-0.2, -0.15) is 0 Å². The van der Waals surface area contributed by atoms with Crippen LogP contribution in [-0.2, 0) is 4.79 Å². The number of hydrogen-bond acceptors (Lipinski definition) is 3. The third-order valence-electron chi connectivity index (χ3n) is 5.41. The molecule has 0 unspecified atom stereocenters. The van der Waals surface area contributed by atoms with Crippen molar-refractivity contribution < 1.29 is 14.0 Å². The molecule has 0 N–H and O–H groups in total. The van der Waals surface area contributed by atoms with Crippen LogP contribution in [-0.4, -0.2) is 47.8 Å². The van der Waals surface area contributed by atoms with Gasteiger partial charge in [-0.3, -0.25) is 9.59 Å². The van der Waals surface area contributed by atoms with Gasteiger partial charge >= 0.3 is 0 Å². The normalized spacial score (nSPS) is 19.7. The van der Waals surface area contributed by atoms with Crippen molar-refractivity contribution in [3.8, 4) is 0 Å². The van der Waals surface area contributed by atoms with E-state index in [0.29, 0.717) is 36.5 Å². The number of halogens is 1. The van der Waals surface area contributed by atoms with Gasteiger partial charge in [-0.1, -0.05) is 32.1 Å². The predicted molar refractivity (Wildman–Crippen MR) is 99.3 cm³/mol. The number of carbonyl (C=O) groups is 2. The van der Waals surface area contributed by atoms with Gasteiger partial charge < -0.3 is 14.2 Å². The Morgan fingerprint density at radius 1 is 1.00 bits per heavy atom. The summed E-state index contributed by atoms with van der Waals surface area (Å²) in [7, 11) is 0. The van der Waals surface area contributed by atoms with E-state index in [1.165, 1.54) is 32.1 Å². The zero-order valence-electron chi connectivity index (χ0n) is 14.7. The Morgan fingerprint density at radius 2 is 1.72 bits per heavy atom. The van der Waals surface area contributed by atoms with Gasteiger partial charge in [-0.05, 0) is 46.8 Å². The fourth-order valence-electron chi connectivity index (χ4n) is 3.92. The summed E-state index contributed by atoms with van der Waals surface area (Å²) in [5.41, 5.74) is 0. The molecule has 1 saturated carbocycles. The summed E-state index contributed by atoms with van der Waals surface area (Å²) in [6, 6.07) is 3.41. The zero-order valence-corrected chi connectivity index (χ0v) is 16.3. The Labute approximate surface area is 157 Å². The third kappa shape index (κ3) is 5.09. The Hall–Kier alpha value is -1.30. The SMILES string of the molecule is O=C(CCC1CCCCC1)N1CCCN(C(=O)c2ccc(Br)o2)CC1. The van der Waals surface area contributed by atoms with Gasteiger partial charge in [0.25, 0.3) is 5.91 Å². The highest BCUT2D eigenvalue weighted by molar-refractivity contribution is 9.10. The Morgan fingerprint density at radius 3 is 2.44 bits per heavy atom. The van der Waals surface area contributed by atoms with Crippen molar-refractivity contribution in [1.29, 1.82) is 0 Å². The standard InChI is InChI=1S/C19H27BrN2O3/c20-17-9-8-16(25-17)19(24)22-12-4-11-21(13-14-22)18(23)10-7-15-5-2-1-3-6-15/h8-9,15H,1-7,10-14H2. The Kier molecular flexibility index (Phi) is 6.57. The highest BCUT2D eigenvalue weighted by Crippen LogP contribution is 2.27. The van der Waals surface area contributed by atoms with Gasteiger partial charge in [0.2, 0.25) is 5.91 Å². The predicted octanol–water partition coefficient (Wildman–Crippen LogP) is 4.08. The van der Waals surface area contributed by atoms with Gasteiger partial charge in [-0.25, -0.2) is 0 Å². The molecular formula is C19H27BrN2O3. The van der Waals surface area contributed by atoms with E-state index < -0.39 is 0 Å². The third-order valence-corrected chi connectivity index (χ3v) is 5.84. The lowest BCUT2D eigenvalue weighted by molar-refractivity contribution is -0.131. The fourth-order valence-corrected chi connectivity index (χ4v) is 4.22. The molecule has 1 aliphatic heterocycles. The zero-order chi connectivity index (χ0) is 17.6. The highest BCUT2D eigenvalue weighted by Gasteiger charge is 2.25. The van der Waals surface area contributed by atoms with Crippen molar-refractivity contribution in [3.63, 3.8) is 0 Å².